The average Bonchev–Trinajstić information content (AvgIpc) is 2.43. The summed E-state index contributed by atoms with van der Waals surface area (Å²) in [6, 6.07) is 1.12. The normalized spacial score (nSPS) is 10.2. The largest absolute Gasteiger partial charge is 0.465 e. The minimum Gasteiger partial charge on any atom is -0.465 e. The summed E-state index contributed by atoms with van der Waals surface area (Å²) in [5.41, 5.74) is -1.39. The van der Waals surface area contributed by atoms with Gasteiger partial charge in [-0.05, 0) is 32.4 Å². The van der Waals surface area contributed by atoms with Gasteiger partial charge in [0, 0.05) is 6.92 Å². The van der Waals surface area contributed by atoms with E-state index < -0.39 is 45.9 Å². The Morgan fingerprint density at radius 2 is 1.79 bits per heavy atom. The van der Waals surface area contributed by atoms with Crippen molar-refractivity contribution in [2.24, 2.45) is 0 Å². The molecule has 0 aliphatic carbocycles. The lowest BCUT2D eigenvalue weighted by molar-refractivity contribution is -0.386. The summed E-state index contributed by atoms with van der Waals surface area (Å²) in [7, 11) is 1.05. The Bertz CT molecular complexity index is 708. The molecule has 1 aromatic carbocycles. The molecule has 0 aliphatic heterocycles. The first-order valence-corrected chi connectivity index (χ1v) is 6.89. The van der Waals surface area contributed by atoms with Gasteiger partial charge >= 0.3 is 23.6 Å². The quantitative estimate of drug-likeness (QED) is 0.346. The summed E-state index contributed by atoms with van der Waals surface area (Å²) in [4.78, 5) is 45.9. The molecule has 0 saturated heterocycles. The highest BCUT2D eigenvalue weighted by molar-refractivity contribution is 6.02. The molecule has 0 bridgehead atoms. The van der Waals surface area contributed by atoms with Crippen LogP contribution in [0.15, 0.2) is 6.07 Å². The van der Waals surface area contributed by atoms with Crippen LogP contribution in [-0.4, -0.2) is 36.0 Å². The Morgan fingerprint density at radius 3 is 2.21 bits per heavy atom. The lowest BCUT2D eigenvalue weighted by Crippen LogP contribution is -2.18. The Hall–Kier alpha value is -2.97. The van der Waals surface area contributed by atoms with E-state index in [-0.39, 0.29) is 11.1 Å². The molecule has 0 aliphatic rings. The molecule has 0 aromatic heterocycles. The first-order chi connectivity index (χ1) is 11.1. The maximum absolute atomic E-state index is 12.3. The van der Waals surface area contributed by atoms with Crippen molar-refractivity contribution in [3.63, 3.8) is 0 Å². The second kappa shape index (κ2) is 7.53. The second-order valence-corrected chi connectivity index (χ2v) is 5.09. The lowest BCUT2D eigenvalue weighted by Gasteiger charge is -2.15. The van der Waals surface area contributed by atoms with E-state index in [1.54, 1.807) is 13.8 Å². The van der Waals surface area contributed by atoms with Crippen LogP contribution < -0.4 is 4.74 Å². The number of hydrogen-bond acceptors (Lipinski definition) is 8. The summed E-state index contributed by atoms with van der Waals surface area (Å²) in [5, 5.41) is 11.4. The van der Waals surface area contributed by atoms with Gasteiger partial charge in [-0.1, -0.05) is 0 Å². The Labute approximate surface area is 137 Å². The SMILES string of the molecule is COC(=O)c1cc(C)c(C(=O)OC(C)C)c(OC(C)=O)c1[N+](=O)[O-]. The Balaban J connectivity index is 3.79. The summed E-state index contributed by atoms with van der Waals surface area (Å²) in [6.45, 7) is 5.63. The summed E-state index contributed by atoms with van der Waals surface area (Å²) < 4.78 is 14.4. The molecule has 1 aromatic rings. The van der Waals surface area contributed by atoms with Crippen LogP contribution in [-0.2, 0) is 14.3 Å². The molecule has 0 unspecified atom stereocenters. The molecule has 0 N–H and O–H groups in total. The first kappa shape index (κ1) is 19.1. The number of nitro benzene ring substituents is 1. The molecule has 130 valence electrons. The fourth-order valence-electron chi connectivity index (χ4n) is 1.99. The molecular weight excluding hydrogens is 322 g/mol. The van der Waals surface area contributed by atoms with Crippen molar-refractivity contribution in [2.75, 3.05) is 7.11 Å². The van der Waals surface area contributed by atoms with Crippen molar-refractivity contribution in [3.8, 4) is 5.75 Å². The third-order valence-electron chi connectivity index (χ3n) is 2.83. The fourth-order valence-corrected chi connectivity index (χ4v) is 1.99. The van der Waals surface area contributed by atoms with E-state index in [4.69, 9.17) is 9.47 Å². The van der Waals surface area contributed by atoms with Crippen LogP contribution in [0.25, 0.3) is 0 Å². The van der Waals surface area contributed by atoms with E-state index in [0.717, 1.165) is 20.1 Å². The van der Waals surface area contributed by atoms with E-state index in [2.05, 4.69) is 4.74 Å². The van der Waals surface area contributed by atoms with Crippen molar-refractivity contribution in [3.05, 3.63) is 32.9 Å². The van der Waals surface area contributed by atoms with E-state index in [9.17, 15) is 24.5 Å². The van der Waals surface area contributed by atoms with Gasteiger partial charge in [-0.2, -0.15) is 0 Å². The topological polar surface area (TPSA) is 122 Å². The minimum atomic E-state index is -0.998. The smallest absolute Gasteiger partial charge is 0.345 e. The number of rotatable bonds is 5. The highest BCUT2D eigenvalue weighted by Crippen LogP contribution is 2.38. The number of nitrogens with zero attached hydrogens (tertiary/aromatic N) is 1. The number of esters is 3. The number of benzene rings is 1. The van der Waals surface area contributed by atoms with Gasteiger partial charge in [-0.3, -0.25) is 14.9 Å². The Kier molecular flexibility index (Phi) is 5.99. The van der Waals surface area contributed by atoms with Gasteiger partial charge in [0.05, 0.1) is 18.1 Å². The molecular formula is C15H17NO8. The molecule has 0 saturated carbocycles. The van der Waals surface area contributed by atoms with Crippen LogP contribution >= 0.6 is 0 Å². The van der Waals surface area contributed by atoms with Gasteiger partial charge < -0.3 is 14.2 Å². The minimum absolute atomic E-state index is 0.169. The lowest BCUT2D eigenvalue weighted by atomic mass is 10.0. The van der Waals surface area contributed by atoms with Gasteiger partial charge in [-0.25, -0.2) is 9.59 Å². The molecule has 0 spiro atoms. The van der Waals surface area contributed by atoms with Crippen molar-refractivity contribution < 1.29 is 33.5 Å². The van der Waals surface area contributed by atoms with Gasteiger partial charge in [0.2, 0.25) is 5.75 Å². The standard InChI is InChI=1S/C15H17NO8/c1-7(2)23-15(19)11-8(3)6-10(14(18)22-5)12(16(20)21)13(11)24-9(4)17/h6-7H,1-5H3. The zero-order chi connectivity index (χ0) is 18.6. The molecule has 0 fully saturated rings. The van der Waals surface area contributed by atoms with Crippen LogP contribution in [0.2, 0.25) is 0 Å². The average molecular weight is 339 g/mol. The van der Waals surface area contributed by atoms with Crippen LogP contribution in [0.5, 0.6) is 5.75 Å². The van der Waals surface area contributed by atoms with Gasteiger partial charge in [-0.15, -0.1) is 0 Å². The predicted molar refractivity (Wildman–Crippen MR) is 81.0 cm³/mol. The molecule has 0 heterocycles. The number of methoxy groups -OCH3 is 1. The summed E-state index contributed by atoms with van der Waals surface area (Å²) >= 11 is 0. The second-order valence-electron chi connectivity index (χ2n) is 5.09. The maximum Gasteiger partial charge on any atom is 0.345 e. The predicted octanol–water partition coefficient (Wildman–Crippen LogP) is 2.18. The molecule has 0 amide bonds. The molecule has 9 nitrogen and oxygen atoms in total. The monoisotopic (exact) mass is 339 g/mol. The zero-order valence-electron chi connectivity index (χ0n) is 13.9. The molecule has 9 heteroatoms. The van der Waals surface area contributed by atoms with Crippen molar-refractivity contribution in [2.45, 2.75) is 33.8 Å². The van der Waals surface area contributed by atoms with Gasteiger partial charge in [0.25, 0.3) is 0 Å². The highest BCUT2D eigenvalue weighted by Gasteiger charge is 2.35. The summed E-state index contributed by atoms with van der Waals surface area (Å²) in [6.07, 6.45) is -0.499. The van der Waals surface area contributed by atoms with E-state index >= 15 is 0 Å². The Morgan fingerprint density at radius 1 is 1.21 bits per heavy atom. The van der Waals surface area contributed by atoms with Crippen LogP contribution in [0.1, 0.15) is 47.1 Å². The number of nitro groups is 1. The molecule has 24 heavy (non-hydrogen) atoms. The maximum atomic E-state index is 12.3. The number of aryl methyl sites for hydroxylation is 1. The zero-order valence-corrected chi connectivity index (χ0v) is 13.9. The highest BCUT2D eigenvalue weighted by atomic mass is 16.6. The summed E-state index contributed by atoms with van der Waals surface area (Å²) in [5.74, 6) is -3.43. The number of carbonyl (C=O) groups is 3. The van der Waals surface area contributed by atoms with Crippen molar-refractivity contribution in [1.29, 1.82) is 0 Å². The van der Waals surface area contributed by atoms with Gasteiger partial charge in [0.1, 0.15) is 11.1 Å². The fraction of sp³-hybridized carbons (Fsp3) is 0.400. The third-order valence-corrected chi connectivity index (χ3v) is 2.83. The van der Waals surface area contributed by atoms with Crippen LogP contribution in [0.3, 0.4) is 0 Å². The van der Waals surface area contributed by atoms with E-state index in [0.29, 0.717) is 0 Å². The van der Waals surface area contributed by atoms with E-state index in [1.807, 2.05) is 0 Å². The van der Waals surface area contributed by atoms with Crippen molar-refractivity contribution in [1.82, 2.24) is 0 Å². The molecule has 0 radical (unpaired) electrons. The first-order valence-electron chi connectivity index (χ1n) is 6.89. The molecule has 0 atom stereocenters. The van der Waals surface area contributed by atoms with Crippen LogP contribution in [0, 0.1) is 17.0 Å². The third kappa shape index (κ3) is 4.06. The van der Waals surface area contributed by atoms with Crippen LogP contribution in [0.4, 0.5) is 5.69 Å². The number of carbonyl (C=O) groups excluding carboxylic acids is 3. The van der Waals surface area contributed by atoms with Crippen molar-refractivity contribution >= 4 is 23.6 Å². The number of hydrogen-bond donors (Lipinski definition) is 0. The van der Waals surface area contributed by atoms with Gasteiger partial charge in [0.15, 0.2) is 0 Å². The number of ether oxygens (including phenoxy) is 3. The van der Waals surface area contributed by atoms with E-state index in [1.165, 1.54) is 6.92 Å². The molecule has 1 rings (SSSR count).